The molecule has 0 bridgehead atoms. The van der Waals surface area contributed by atoms with Crippen molar-refractivity contribution in [3.63, 3.8) is 0 Å². The molecule has 11 nitrogen and oxygen atoms in total. The third-order valence-corrected chi connectivity index (χ3v) is 6.74. The summed E-state index contributed by atoms with van der Waals surface area (Å²) in [5.74, 6) is -0.187. The van der Waals surface area contributed by atoms with Crippen LogP contribution in [-0.4, -0.2) is 80.7 Å². The molecule has 0 spiro atoms. The van der Waals surface area contributed by atoms with Gasteiger partial charge in [-0.15, -0.1) is 0 Å². The topological polar surface area (TPSA) is 133 Å². The number of carbonyl (C=O) groups is 2. The zero-order chi connectivity index (χ0) is 28.4. The molecule has 2 aromatic carbocycles. The number of piperazine rings is 1. The van der Waals surface area contributed by atoms with Crippen molar-refractivity contribution >= 4 is 34.9 Å². The number of benzene rings is 2. The molecule has 11 heteroatoms. The number of nitrogens with one attached hydrogen (secondary N) is 1. The lowest BCUT2D eigenvalue weighted by atomic mass is 10.1. The van der Waals surface area contributed by atoms with Gasteiger partial charge in [0.15, 0.2) is 6.29 Å². The van der Waals surface area contributed by atoms with Crippen molar-refractivity contribution in [1.29, 1.82) is 0 Å². The first-order chi connectivity index (χ1) is 19.1. The highest BCUT2D eigenvalue weighted by molar-refractivity contribution is 6.04. The van der Waals surface area contributed by atoms with Gasteiger partial charge < -0.3 is 29.3 Å². The number of amides is 1. The van der Waals surface area contributed by atoms with Crippen LogP contribution in [0.1, 0.15) is 34.6 Å². The number of phenols is 1. The van der Waals surface area contributed by atoms with Crippen LogP contribution in [0.5, 0.6) is 17.4 Å². The number of rotatable bonds is 8. The van der Waals surface area contributed by atoms with E-state index in [2.05, 4.69) is 32.1 Å². The third-order valence-electron chi connectivity index (χ3n) is 6.74. The van der Waals surface area contributed by atoms with E-state index in [4.69, 9.17) is 4.74 Å². The van der Waals surface area contributed by atoms with Gasteiger partial charge in [0.2, 0.25) is 11.8 Å². The molecule has 40 heavy (non-hydrogen) atoms. The second-order valence-electron chi connectivity index (χ2n) is 10.5. The number of hydrogen-bond acceptors (Lipinski definition) is 9. The fourth-order valence-corrected chi connectivity index (χ4v) is 4.65. The fourth-order valence-electron chi connectivity index (χ4n) is 4.65. The molecule has 1 aliphatic rings. The van der Waals surface area contributed by atoms with Crippen molar-refractivity contribution in [2.24, 2.45) is 0 Å². The van der Waals surface area contributed by atoms with Crippen LogP contribution >= 0.6 is 0 Å². The number of nitrogens with zero attached hydrogens (tertiary/aromatic N) is 5. The van der Waals surface area contributed by atoms with Gasteiger partial charge in [0, 0.05) is 49.7 Å². The van der Waals surface area contributed by atoms with Crippen LogP contribution in [-0.2, 0) is 6.54 Å². The molecule has 0 radical (unpaired) electrons. The number of hydrogen-bond donors (Lipinski definition) is 3. The van der Waals surface area contributed by atoms with Crippen LogP contribution < -0.4 is 15.0 Å². The van der Waals surface area contributed by atoms with E-state index in [1.807, 2.05) is 22.8 Å². The standard InChI is InChI=1S/C29H32N6O5/c1-29(2,39)18-35-23-16-20(34-13-11-33(3)12-14-34)7-8-22(23)31-28(35)32-27(38)19-9-10-30-26(15-19)40-25-6-4-5-24(37)21(25)17-36/h4-10,15-17,37,39H,11-14,18H2,1-3H3,(H,31,32,38). The smallest absolute Gasteiger partial charge is 0.258 e. The van der Waals surface area contributed by atoms with Gasteiger partial charge in [0.25, 0.3) is 5.91 Å². The lowest BCUT2D eigenvalue weighted by Gasteiger charge is -2.34. The predicted octanol–water partition coefficient (Wildman–Crippen LogP) is 3.52. The molecule has 3 N–H and O–H groups in total. The normalized spacial score (nSPS) is 14.3. The fraction of sp³-hybridized carbons (Fsp3) is 0.310. The van der Waals surface area contributed by atoms with Gasteiger partial charge in [0.1, 0.15) is 11.5 Å². The molecule has 3 heterocycles. The highest BCUT2D eigenvalue weighted by Crippen LogP contribution is 2.30. The van der Waals surface area contributed by atoms with E-state index in [1.165, 1.54) is 36.5 Å². The molecule has 1 saturated heterocycles. The summed E-state index contributed by atoms with van der Waals surface area (Å²) in [5, 5.41) is 23.5. The van der Waals surface area contributed by atoms with E-state index < -0.39 is 11.5 Å². The van der Waals surface area contributed by atoms with Gasteiger partial charge in [-0.3, -0.25) is 14.9 Å². The maximum atomic E-state index is 13.3. The highest BCUT2D eigenvalue weighted by Gasteiger charge is 2.23. The molecule has 208 valence electrons. The van der Waals surface area contributed by atoms with E-state index in [1.54, 1.807) is 13.8 Å². The van der Waals surface area contributed by atoms with Gasteiger partial charge in [-0.25, -0.2) is 9.97 Å². The van der Waals surface area contributed by atoms with Gasteiger partial charge >= 0.3 is 0 Å². The summed E-state index contributed by atoms with van der Waals surface area (Å²) in [4.78, 5) is 38.1. The number of likely N-dealkylation sites (N-methyl/N-ethyl adjacent to an activating group) is 1. The number of aldehydes is 1. The Kier molecular flexibility index (Phi) is 7.42. The SMILES string of the molecule is CN1CCN(c2ccc3nc(NC(=O)c4ccnc(Oc5cccc(O)c5C=O)c4)n(CC(C)(C)O)c3c2)CC1. The maximum absolute atomic E-state index is 13.3. The molecular weight excluding hydrogens is 512 g/mol. The van der Waals surface area contributed by atoms with E-state index >= 15 is 0 Å². The summed E-state index contributed by atoms with van der Waals surface area (Å²) in [7, 11) is 2.11. The first-order valence-corrected chi connectivity index (χ1v) is 13.0. The average Bonchev–Trinajstić information content (AvgIpc) is 3.24. The Labute approximate surface area is 231 Å². The molecule has 2 aromatic heterocycles. The molecule has 0 aliphatic carbocycles. The van der Waals surface area contributed by atoms with Crippen LogP contribution in [0.25, 0.3) is 11.0 Å². The van der Waals surface area contributed by atoms with E-state index in [0.29, 0.717) is 17.8 Å². The Balaban J connectivity index is 1.43. The number of pyridine rings is 1. The number of carbonyl (C=O) groups excluding carboxylic acids is 2. The highest BCUT2D eigenvalue weighted by atomic mass is 16.5. The number of anilines is 2. The van der Waals surface area contributed by atoms with Crippen molar-refractivity contribution in [1.82, 2.24) is 19.4 Å². The number of phenolic OH excluding ortho intramolecular Hbond substituents is 1. The minimum absolute atomic E-state index is 0.0181. The van der Waals surface area contributed by atoms with Crippen molar-refractivity contribution in [2.75, 3.05) is 43.4 Å². The van der Waals surface area contributed by atoms with Crippen LogP contribution in [0.3, 0.4) is 0 Å². The second kappa shape index (κ2) is 10.9. The molecule has 1 fully saturated rings. The molecule has 5 rings (SSSR count). The lowest BCUT2D eigenvalue weighted by Crippen LogP contribution is -2.44. The predicted molar refractivity (Wildman–Crippen MR) is 151 cm³/mol. The molecule has 0 saturated carbocycles. The zero-order valence-corrected chi connectivity index (χ0v) is 22.7. The van der Waals surface area contributed by atoms with Crippen molar-refractivity contribution in [2.45, 2.75) is 26.0 Å². The largest absolute Gasteiger partial charge is 0.507 e. The number of aliphatic hydroxyl groups is 1. The maximum Gasteiger partial charge on any atom is 0.258 e. The molecule has 4 aromatic rings. The van der Waals surface area contributed by atoms with Gasteiger partial charge in [-0.05, 0) is 57.3 Å². The molecule has 1 amide bonds. The number of aromatic nitrogens is 3. The third kappa shape index (κ3) is 5.90. The summed E-state index contributed by atoms with van der Waals surface area (Å²) in [5.41, 5.74) is 1.73. The first-order valence-electron chi connectivity index (χ1n) is 13.0. The van der Waals surface area contributed by atoms with E-state index in [9.17, 15) is 19.8 Å². The number of fused-ring (bicyclic) bond motifs is 1. The van der Waals surface area contributed by atoms with E-state index in [-0.39, 0.29) is 35.1 Å². The minimum atomic E-state index is -1.06. The van der Waals surface area contributed by atoms with Crippen LogP contribution in [0.2, 0.25) is 0 Å². The monoisotopic (exact) mass is 544 g/mol. The molecule has 0 atom stereocenters. The number of ether oxygens (including phenoxy) is 1. The average molecular weight is 545 g/mol. The number of aromatic hydroxyl groups is 1. The summed E-state index contributed by atoms with van der Waals surface area (Å²) in [6, 6.07) is 13.4. The van der Waals surface area contributed by atoms with Gasteiger partial charge in [0.05, 0.1) is 28.7 Å². The lowest BCUT2D eigenvalue weighted by molar-refractivity contribution is 0.0630. The summed E-state index contributed by atoms with van der Waals surface area (Å²) >= 11 is 0. The second-order valence-corrected chi connectivity index (χ2v) is 10.5. The Morgan fingerprint density at radius 3 is 2.62 bits per heavy atom. The van der Waals surface area contributed by atoms with E-state index in [0.717, 1.165) is 37.4 Å². The van der Waals surface area contributed by atoms with Crippen molar-refractivity contribution in [3.05, 3.63) is 65.9 Å². The molecule has 1 aliphatic heterocycles. The van der Waals surface area contributed by atoms with Crippen LogP contribution in [0, 0.1) is 0 Å². The Hall–Kier alpha value is -4.48. The Morgan fingerprint density at radius 2 is 1.90 bits per heavy atom. The minimum Gasteiger partial charge on any atom is -0.507 e. The quantitative estimate of drug-likeness (QED) is 0.285. The summed E-state index contributed by atoms with van der Waals surface area (Å²) in [6.07, 6.45) is 1.90. The van der Waals surface area contributed by atoms with Crippen LogP contribution in [0.15, 0.2) is 54.7 Å². The summed E-state index contributed by atoms with van der Waals surface area (Å²) in [6.45, 7) is 7.39. The zero-order valence-electron chi connectivity index (χ0n) is 22.7. The molecular formula is C29H32N6O5. The Morgan fingerprint density at radius 1 is 1.12 bits per heavy atom. The van der Waals surface area contributed by atoms with Gasteiger partial charge in [-0.1, -0.05) is 6.07 Å². The van der Waals surface area contributed by atoms with Gasteiger partial charge in [-0.2, -0.15) is 0 Å². The van der Waals surface area contributed by atoms with Crippen LogP contribution in [0.4, 0.5) is 11.6 Å². The van der Waals surface area contributed by atoms with Crippen molar-refractivity contribution in [3.8, 4) is 17.4 Å². The van der Waals surface area contributed by atoms with Crippen molar-refractivity contribution < 1.29 is 24.5 Å². The molecule has 0 unspecified atom stereocenters. The number of imidazole rings is 1. The Bertz CT molecular complexity index is 1550. The first kappa shape index (κ1) is 27.1. The summed E-state index contributed by atoms with van der Waals surface area (Å²) < 4.78 is 7.51.